The molecule has 138 valence electrons. The number of rotatable bonds is 8. The van der Waals surface area contributed by atoms with Crippen LogP contribution >= 0.6 is 0 Å². The second-order valence-corrected chi connectivity index (χ2v) is 6.26. The Kier molecular flexibility index (Phi) is 6.28. The maximum Gasteiger partial charge on any atom is 0.155 e. The molecule has 3 rings (SSSR count). The Morgan fingerprint density at radius 1 is 1.04 bits per heavy atom. The molecule has 0 saturated heterocycles. The number of aryl methyl sites for hydroxylation is 1. The number of ether oxygens (including phenoxy) is 1. The van der Waals surface area contributed by atoms with Gasteiger partial charge in [0.05, 0.1) is 5.69 Å². The molecule has 0 aliphatic heterocycles. The van der Waals surface area contributed by atoms with E-state index in [9.17, 15) is 9.18 Å². The highest BCUT2D eigenvalue weighted by Crippen LogP contribution is 2.17. The van der Waals surface area contributed by atoms with Crippen molar-refractivity contribution in [2.75, 3.05) is 0 Å². The topological polar surface area (TPSA) is 65.2 Å². The Balaban J connectivity index is 1.49. The van der Waals surface area contributed by atoms with Gasteiger partial charge in [0.25, 0.3) is 0 Å². The summed E-state index contributed by atoms with van der Waals surface area (Å²) in [5.74, 6) is 0.375. The zero-order chi connectivity index (χ0) is 19.1. The van der Waals surface area contributed by atoms with Crippen molar-refractivity contribution < 1.29 is 13.9 Å². The highest BCUT2D eigenvalue weighted by Gasteiger charge is 2.16. The molecule has 0 bridgehead atoms. The minimum absolute atomic E-state index is 0.0415. The summed E-state index contributed by atoms with van der Waals surface area (Å²) in [4.78, 5) is 16.4. The molecule has 0 fully saturated rings. The summed E-state index contributed by atoms with van der Waals surface area (Å²) in [5, 5.41) is 0. The molecular formula is C22H21FN2O2. The smallest absolute Gasteiger partial charge is 0.155 e. The van der Waals surface area contributed by atoms with Gasteiger partial charge in [-0.2, -0.15) is 0 Å². The van der Waals surface area contributed by atoms with Gasteiger partial charge in [0, 0.05) is 12.6 Å². The quantitative estimate of drug-likeness (QED) is 0.656. The summed E-state index contributed by atoms with van der Waals surface area (Å²) < 4.78 is 18.8. The van der Waals surface area contributed by atoms with E-state index in [1.807, 2.05) is 36.4 Å². The van der Waals surface area contributed by atoms with Crippen LogP contribution in [0.25, 0.3) is 0 Å². The summed E-state index contributed by atoms with van der Waals surface area (Å²) in [7, 11) is 0. The summed E-state index contributed by atoms with van der Waals surface area (Å²) in [5.41, 5.74) is 8.35. The average molecular weight is 364 g/mol. The lowest BCUT2D eigenvalue weighted by molar-refractivity contribution is -0.120. The van der Waals surface area contributed by atoms with Gasteiger partial charge in [-0.15, -0.1) is 0 Å². The number of halogens is 1. The molecule has 0 aliphatic carbocycles. The normalized spacial score (nSPS) is 11.8. The average Bonchev–Trinajstić information content (AvgIpc) is 2.71. The van der Waals surface area contributed by atoms with Crippen LogP contribution in [-0.2, 0) is 17.8 Å². The number of nitrogens with two attached hydrogens (primary N) is 1. The van der Waals surface area contributed by atoms with Gasteiger partial charge < -0.3 is 10.5 Å². The molecule has 0 amide bonds. The van der Waals surface area contributed by atoms with Crippen LogP contribution in [0.2, 0.25) is 0 Å². The number of hydrogen-bond donors (Lipinski definition) is 1. The molecule has 2 aromatic carbocycles. The van der Waals surface area contributed by atoms with Crippen molar-refractivity contribution >= 4 is 5.78 Å². The maximum atomic E-state index is 13.2. The van der Waals surface area contributed by atoms with E-state index in [1.54, 1.807) is 24.4 Å². The van der Waals surface area contributed by atoms with Crippen LogP contribution in [0, 0.1) is 5.82 Å². The third-order valence-electron chi connectivity index (χ3n) is 4.23. The Morgan fingerprint density at radius 3 is 2.56 bits per heavy atom. The Bertz CT molecular complexity index is 882. The zero-order valence-electron chi connectivity index (χ0n) is 14.8. The number of hydrogen-bond acceptors (Lipinski definition) is 4. The van der Waals surface area contributed by atoms with Crippen LogP contribution in [0.3, 0.4) is 0 Å². The first kappa shape index (κ1) is 18.7. The minimum Gasteiger partial charge on any atom is -0.489 e. The van der Waals surface area contributed by atoms with Gasteiger partial charge in [0.1, 0.15) is 24.2 Å². The minimum atomic E-state index is -0.694. The first-order valence-corrected chi connectivity index (χ1v) is 8.77. The molecule has 3 aromatic rings. The van der Waals surface area contributed by atoms with Gasteiger partial charge >= 0.3 is 0 Å². The van der Waals surface area contributed by atoms with Crippen LogP contribution in [0.5, 0.6) is 5.75 Å². The zero-order valence-corrected chi connectivity index (χ0v) is 14.8. The standard InChI is InChI=1S/C22H21FN2O2/c23-18-5-3-4-17(14-18)15-27-19-10-7-16(8-11-19)9-12-21(26)22(24)20-6-1-2-13-25-20/h1-8,10-11,13-14,22H,9,12,15,24H2. The number of ketones is 1. The molecule has 2 N–H and O–H groups in total. The van der Waals surface area contributed by atoms with Gasteiger partial charge in [-0.1, -0.05) is 30.3 Å². The molecule has 1 aromatic heterocycles. The van der Waals surface area contributed by atoms with Crippen LogP contribution in [-0.4, -0.2) is 10.8 Å². The SMILES string of the molecule is NC(C(=O)CCc1ccc(OCc2cccc(F)c2)cc1)c1ccccn1. The number of Topliss-reactive ketones (excluding diaryl/α,β-unsaturated/α-hetero) is 1. The molecule has 1 heterocycles. The summed E-state index contributed by atoms with van der Waals surface area (Å²) in [6.07, 6.45) is 2.58. The summed E-state index contributed by atoms with van der Waals surface area (Å²) >= 11 is 0. The monoisotopic (exact) mass is 364 g/mol. The van der Waals surface area contributed by atoms with Gasteiger partial charge in [-0.25, -0.2) is 4.39 Å². The molecule has 4 nitrogen and oxygen atoms in total. The highest BCUT2D eigenvalue weighted by atomic mass is 19.1. The van der Waals surface area contributed by atoms with Crippen molar-refractivity contribution in [2.45, 2.75) is 25.5 Å². The Labute approximate surface area is 157 Å². The fourth-order valence-electron chi connectivity index (χ4n) is 2.69. The maximum absolute atomic E-state index is 13.2. The Morgan fingerprint density at radius 2 is 1.85 bits per heavy atom. The van der Waals surface area contributed by atoms with Crippen LogP contribution in [0.4, 0.5) is 4.39 Å². The van der Waals surface area contributed by atoms with Crippen LogP contribution in [0.1, 0.15) is 29.3 Å². The predicted octanol–water partition coefficient (Wildman–Crippen LogP) is 4.00. The first-order chi connectivity index (χ1) is 13.1. The van der Waals surface area contributed by atoms with Gasteiger partial charge in [0.2, 0.25) is 0 Å². The van der Waals surface area contributed by atoms with Crippen molar-refractivity contribution in [3.8, 4) is 5.75 Å². The second kappa shape index (κ2) is 9.05. The van der Waals surface area contributed by atoms with Crippen LogP contribution in [0.15, 0.2) is 72.9 Å². The van der Waals surface area contributed by atoms with Crippen molar-refractivity contribution in [1.29, 1.82) is 0 Å². The van der Waals surface area contributed by atoms with Gasteiger partial charge in [-0.3, -0.25) is 9.78 Å². The van der Waals surface area contributed by atoms with E-state index >= 15 is 0 Å². The molecule has 5 heteroatoms. The fraction of sp³-hybridized carbons (Fsp3) is 0.182. The highest BCUT2D eigenvalue weighted by molar-refractivity contribution is 5.84. The molecular weight excluding hydrogens is 343 g/mol. The number of carbonyl (C=O) groups excluding carboxylic acids is 1. The predicted molar refractivity (Wildman–Crippen MR) is 102 cm³/mol. The van der Waals surface area contributed by atoms with E-state index in [1.165, 1.54) is 12.1 Å². The summed E-state index contributed by atoms with van der Waals surface area (Å²) in [6, 6.07) is 18.5. The van der Waals surface area contributed by atoms with E-state index in [0.717, 1.165) is 11.1 Å². The number of aromatic nitrogens is 1. The number of nitrogens with zero attached hydrogens (tertiary/aromatic N) is 1. The van der Waals surface area contributed by atoms with E-state index in [2.05, 4.69) is 4.98 Å². The number of carbonyl (C=O) groups is 1. The third-order valence-corrected chi connectivity index (χ3v) is 4.23. The van der Waals surface area contributed by atoms with E-state index in [0.29, 0.717) is 30.9 Å². The lowest BCUT2D eigenvalue weighted by Gasteiger charge is -2.10. The molecule has 1 atom stereocenters. The van der Waals surface area contributed by atoms with E-state index in [-0.39, 0.29) is 11.6 Å². The van der Waals surface area contributed by atoms with Crippen molar-refractivity contribution in [2.24, 2.45) is 5.73 Å². The van der Waals surface area contributed by atoms with Crippen molar-refractivity contribution in [1.82, 2.24) is 4.98 Å². The Hall–Kier alpha value is -3.05. The largest absolute Gasteiger partial charge is 0.489 e. The van der Waals surface area contributed by atoms with E-state index < -0.39 is 6.04 Å². The molecule has 0 radical (unpaired) electrons. The number of pyridine rings is 1. The van der Waals surface area contributed by atoms with Crippen LogP contribution < -0.4 is 10.5 Å². The number of benzene rings is 2. The third kappa shape index (κ3) is 5.46. The van der Waals surface area contributed by atoms with Gasteiger partial charge in [-0.05, 0) is 53.9 Å². The van der Waals surface area contributed by atoms with Crippen molar-refractivity contribution in [3.63, 3.8) is 0 Å². The van der Waals surface area contributed by atoms with Crippen molar-refractivity contribution in [3.05, 3.63) is 95.6 Å². The molecule has 0 spiro atoms. The second-order valence-electron chi connectivity index (χ2n) is 6.26. The van der Waals surface area contributed by atoms with E-state index in [4.69, 9.17) is 10.5 Å². The molecule has 0 saturated carbocycles. The lowest BCUT2D eigenvalue weighted by Crippen LogP contribution is -2.22. The molecule has 27 heavy (non-hydrogen) atoms. The summed E-state index contributed by atoms with van der Waals surface area (Å²) in [6.45, 7) is 0.300. The van der Waals surface area contributed by atoms with Gasteiger partial charge in [0.15, 0.2) is 5.78 Å². The molecule has 0 aliphatic rings. The first-order valence-electron chi connectivity index (χ1n) is 8.77. The molecule has 1 unspecified atom stereocenters. The lowest BCUT2D eigenvalue weighted by atomic mass is 10.0. The fourth-order valence-corrected chi connectivity index (χ4v) is 2.69.